The van der Waals surface area contributed by atoms with Crippen molar-refractivity contribution in [2.75, 3.05) is 16.8 Å². The van der Waals surface area contributed by atoms with Gasteiger partial charge in [0.1, 0.15) is 11.8 Å². The van der Waals surface area contributed by atoms with E-state index in [0.29, 0.717) is 34.8 Å². The standard InChI is InChI=1S/C24H25N3O5/c1-13(2)12-26-19-10-9-16(11-20(19)32-15(4)22(26)29)25-21(28)14(3)27-23(30)17-7-5-6-8-18(17)24(27)31/h5-11,13-15H,12H2,1-4H3,(H,25,28). The number of anilines is 2. The Morgan fingerprint density at radius 1 is 1.03 bits per heavy atom. The average Bonchev–Trinajstić information content (AvgIpc) is 3.01. The molecule has 0 fully saturated rings. The first-order valence-electron chi connectivity index (χ1n) is 10.6. The van der Waals surface area contributed by atoms with Crippen molar-refractivity contribution in [1.82, 2.24) is 4.90 Å². The molecule has 166 valence electrons. The van der Waals surface area contributed by atoms with Crippen molar-refractivity contribution in [1.29, 1.82) is 0 Å². The molecule has 32 heavy (non-hydrogen) atoms. The van der Waals surface area contributed by atoms with Crippen LogP contribution >= 0.6 is 0 Å². The van der Waals surface area contributed by atoms with Gasteiger partial charge in [0.15, 0.2) is 6.10 Å². The molecule has 8 nitrogen and oxygen atoms in total. The largest absolute Gasteiger partial charge is 0.479 e. The molecule has 2 unspecified atom stereocenters. The van der Waals surface area contributed by atoms with Crippen LogP contribution in [0.1, 0.15) is 48.4 Å². The quantitative estimate of drug-likeness (QED) is 0.728. The minimum Gasteiger partial charge on any atom is -0.479 e. The highest BCUT2D eigenvalue weighted by molar-refractivity contribution is 6.23. The summed E-state index contributed by atoms with van der Waals surface area (Å²) in [5, 5.41) is 2.75. The highest BCUT2D eigenvalue weighted by Gasteiger charge is 2.40. The molecule has 0 spiro atoms. The number of rotatable bonds is 5. The molecule has 2 aliphatic heterocycles. The van der Waals surface area contributed by atoms with Crippen molar-refractivity contribution >= 4 is 35.0 Å². The number of nitrogens with one attached hydrogen (secondary N) is 1. The molecule has 0 aromatic heterocycles. The summed E-state index contributed by atoms with van der Waals surface area (Å²) in [5.41, 5.74) is 1.68. The number of benzene rings is 2. The minimum atomic E-state index is -1.00. The van der Waals surface area contributed by atoms with Gasteiger partial charge in [0.25, 0.3) is 17.7 Å². The van der Waals surface area contributed by atoms with Crippen LogP contribution in [0.2, 0.25) is 0 Å². The van der Waals surface area contributed by atoms with Gasteiger partial charge in [-0.25, -0.2) is 0 Å². The van der Waals surface area contributed by atoms with E-state index in [2.05, 4.69) is 5.32 Å². The predicted octanol–water partition coefficient (Wildman–Crippen LogP) is 3.08. The fourth-order valence-corrected chi connectivity index (χ4v) is 3.97. The molecule has 0 saturated heterocycles. The Labute approximate surface area is 186 Å². The first kappa shape index (κ1) is 21.5. The number of ether oxygens (including phenoxy) is 1. The van der Waals surface area contributed by atoms with Crippen molar-refractivity contribution < 1.29 is 23.9 Å². The smallest absolute Gasteiger partial charge is 0.267 e. The topological polar surface area (TPSA) is 96.0 Å². The van der Waals surface area contributed by atoms with Gasteiger partial charge in [-0.15, -0.1) is 0 Å². The van der Waals surface area contributed by atoms with Crippen molar-refractivity contribution in [2.24, 2.45) is 5.92 Å². The third-order valence-corrected chi connectivity index (χ3v) is 5.58. The molecule has 0 radical (unpaired) electrons. The molecule has 4 amide bonds. The van der Waals surface area contributed by atoms with E-state index < -0.39 is 29.9 Å². The third kappa shape index (κ3) is 3.62. The molecule has 2 aromatic carbocycles. The van der Waals surface area contributed by atoms with Gasteiger partial charge in [-0.2, -0.15) is 0 Å². The maximum Gasteiger partial charge on any atom is 0.267 e. The lowest BCUT2D eigenvalue weighted by Gasteiger charge is -2.34. The number of hydrogen-bond acceptors (Lipinski definition) is 5. The SMILES string of the molecule is CC(C)CN1C(=O)C(C)Oc2cc(NC(=O)C(C)N3C(=O)c4ccccc4C3=O)ccc21. The summed E-state index contributed by atoms with van der Waals surface area (Å²) >= 11 is 0. The maximum absolute atomic E-state index is 12.9. The van der Waals surface area contributed by atoms with Gasteiger partial charge in [0, 0.05) is 18.3 Å². The van der Waals surface area contributed by atoms with E-state index in [1.807, 2.05) is 13.8 Å². The van der Waals surface area contributed by atoms with E-state index in [1.165, 1.54) is 6.92 Å². The summed E-state index contributed by atoms with van der Waals surface area (Å²) in [4.78, 5) is 53.4. The van der Waals surface area contributed by atoms with E-state index in [1.54, 1.807) is 54.3 Å². The van der Waals surface area contributed by atoms with Crippen LogP contribution in [0, 0.1) is 5.92 Å². The van der Waals surface area contributed by atoms with Crippen molar-refractivity contribution in [3.63, 3.8) is 0 Å². The van der Waals surface area contributed by atoms with Crippen LogP contribution in [0.5, 0.6) is 5.75 Å². The van der Waals surface area contributed by atoms with E-state index in [-0.39, 0.29) is 11.8 Å². The van der Waals surface area contributed by atoms with Gasteiger partial charge >= 0.3 is 0 Å². The lowest BCUT2D eigenvalue weighted by atomic mass is 10.1. The first-order chi connectivity index (χ1) is 15.2. The fraction of sp³-hybridized carbons (Fsp3) is 0.333. The molecule has 8 heteroatoms. The second-order valence-corrected chi connectivity index (χ2v) is 8.48. The van der Waals surface area contributed by atoms with Crippen LogP contribution in [0.15, 0.2) is 42.5 Å². The summed E-state index contributed by atoms with van der Waals surface area (Å²) in [6.07, 6.45) is -0.635. The van der Waals surface area contributed by atoms with Gasteiger partial charge < -0.3 is 15.0 Å². The van der Waals surface area contributed by atoms with E-state index in [0.717, 1.165) is 4.90 Å². The third-order valence-electron chi connectivity index (χ3n) is 5.58. The van der Waals surface area contributed by atoms with Gasteiger partial charge in [0.05, 0.1) is 16.8 Å². The fourth-order valence-electron chi connectivity index (χ4n) is 3.97. The zero-order chi connectivity index (χ0) is 23.2. The highest BCUT2D eigenvalue weighted by Crippen LogP contribution is 2.37. The summed E-state index contributed by atoms with van der Waals surface area (Å²) in [7, 11) is 0. The zero-order valence-electron chi connectivity index (χ0n) is 18.4. The number of fused-ring (bicyclic) bond motifs is 2. The van der Waals surface area contributed by atoms with Crippen LogP contribution < -0.4 is 15.0 Å². The maximum atomic E-state index is 12.9. The molecule has 0 saturated carbocycles. The normalized spacial score (nSPS) is 18.4. The summed E-state index contributed by atoms with van der Waals surface area (Å²) in [6.45, 7) is 7.82. The van der Waals surface area contributed by atoms with Crippen molar-refractivity contribution in [3.05, 3.63) is 53.6 Å². The van der Waals surface area contributed by atoms with Crippen LogP contribution in [0.4, 0.5) is 11.4 Å². The second-order valence-electron chi connectivity index (χ2n) is 8.48. The van der Waals surface area contributed by atoms with Crippen LogP contribution in [0.25, 0.3) is 0 Å². The molecular weight excluding hydrogens is 410 g/mol. The summed E-state index contributed by atoms with van der Waals surface area (Å²) < 4.78 is 5.75. The molecular formula is C24H25N3O5. The highest BCUT2D eigenvalue weighted by atomic mass is 16.5. The van der Waals surface area contributed by atoms with E-state index in [4.69, 9.17) is 4.74 Å². The number of amides is 4. The average molecular weight is 435 g/mol. The summed E-state index contributed by atoms with van der Waals surface area (Å²) in [6, 6.07) is 10.6. The molecule has 1 N–H and O–H groups in total. The molecule has 2 aromatic rings. The van der Waals surface area contributed by atoms with Gasteiger partial charge in [-0.1, -0.05) is 26.0 Å². The molecule has 0 bridgehead atoms. The number of nitrogens with zero attached hydrogens (tertiary/aromatic N) is 2. The summed E-state index contributed by atoms with van der Waals surface area (Å²) in [5.74, 6) is -0.820. The molecule has 2 atom stereocenters. The van der Waals surface area contributed by atoms with E-state index in [9.17, 15) is 19.2 Å². The molecule has 4 rings (SSSR count). The predicted molar refractivity (Wildman–Crippen MR) is 119 cm³/mol. The zero-order valence-corrected chi connectivity index (χ0v) is 18.4. The number of imide groups is 1. The number of carbonyl (C=O) groups is 4. The Hall–Kier alpha value is -3.68. The van der Waals surface area contributed by atoms with Gasteiger partial charge in [-0.3, -0.25) is 24.1 Å². The minimum absolute atomic E-state index is 0.109. The van der Waals surface area contributed by atoms with E-state index >= 15 is 0 Å². The molecule has 2 aliphatic rings. The molecule has 0 aliphatic carbocycles. The van der Waals surface area contributed by atoms with Crippen LogP contribution in [-0.2, 0) is 9.59 Å². The van der Waals surface area contributed by atoms with Crippen molar-refractivity contribution in [2.45, 2.75) is 39.8 Å². The Bertz CT molecular complexity index is 1090. The lowest BCUT2D eigenvalue weighted by molar-refractivity contribution is -0.125. The Kier molecular flexibility index (Phi) is 5.46. The first-order valence-corrected chi connectivity index (χ1v) is 10.6. The Morgan fingerprint density at radius 2 is 1.66 bits per heavy atom. The van der Waals surface area contributed by atoms with Crippen molar-refractivity contribution in [3.8, 4) is 5.75 Å². The lowest BCUT2D eigenvalue weighted by Crippen LogP contribution is -2.46. The van der Waals surface area contributed by atoms with Crippen LogP contribution in [-0.4, -0.2) is 47.2 Å². The van der Waals surface area contributed by atoms with Crippen LogP contribution in [0.3, 0.4) is 0 Å². The monoisotopic (exact) mass is 435 g/mol. The van der Waals surface area contributed by atoms with Gasteiger partial charge in [0.2, 0.25) is 5.91 Å². The van der Waals surface area contributed by atoms with Gasteiger partial charge in [-0.05, 0) is 44.0 Å². The number of hydrogen-bond donors (Lipinski definition) is 1. The molecule has 2 heterocycles. The second kappa shape index (κ2) is 8.11. The number of carbonyl (C=O) groups excluding carboxylic acids is 4. The Balaban J connectivity index is 1.53. The Morgan fingerprint density at radius 3 is 2.25 bits per heavy atom.